The molecule has 0 radical (unpaired) electrons. The zero-order valence-corrected chi connectivity index (χ0v) is 16.0. The molecule has 0 N–H and O–H groups in total. The molecule has 25 heavy (non-hydrogen) atoms. The Hall–Kier alpha value is -1.77. The minimum atomic E-state index is -0.422. The van der Waals surface area contributed by atoms with Crippen molar-refractivity contribution in [3.05, 3.63) is 42.0 Å². The lowest BCUT2D eigenvalue weighted by molar-refractivity contribution is -0.149. The van der Waals surface area contributed by atoms with Gasteiger partial charge in [0.15, 0.2) is 0 Å². The third-order valence-electron chi connectivity index (χ3n) is 6.38. The summed E-state index contributed by atoms with van der Waals surface area (Å²) in [4.78, 5) is 15.4. The van der Waals surface area contributed by atoms with Gasteiger partial charge >= 0.3 is 0 Å². The number of methoxy groups -OCH3 is 1. The number of ether oxygens (including phenoxy) is 1. The molecule has 0 aromatic heterocycles. The Kier molecular flexibility index (Phi) is 4.95. The van der Waals surface area contributed by atoms with Crippen molar-refractivity contribution in [3.63, 3.8) is 0 Å². The van der Waals surface area contributed by atoms with Crippen molar-refractivity contribution in [1.29, 1.82) is 0 Å². The monoisotopic (exact) mass is 341 g/mol. The van der Waals surface area contributed by atoms with Crippen LogP contribution in [0.15, 0.2) is 36.4 Å². The highest BCUT2D eigenvalue weighted by molar-refractivity contribution is 5.88. The highest BCUT2D eigenvalue weighted by Gasteiger charge is 2.59. The molecule has 1 aromatic rings. The van der Waals surface area contributed by atoms with E-state index in [2.05, 4.69) is 44.2 Å². The molecule has 1 aliphatic carbocycles. The molecule has 2 aliphatic rings. The summed E-state index contributed by atoms with van der Waals surface area (Å²) in [5.74, 6) is 1.65. The fourth-order valence-corrected chi connectivity index (χ4v) is 5.02. The van der Waals surface area contributed by atoms with E-state index >= 15 is 0 Å². The first-order chi connectivity index (χ1) is 12.0. The van der Waals surface area contributed by atoms with Gasteiger partial charge < -0.3 is 9.64 Å². The molecule has 0 spiro atoms. The lowest BCUT2D eigenvalue weighted by Gasteiger charge is -2.57. The van der Waals surface area contributed by atoms with Crippen molar-refractivity contribution in [1.82, 2.24) is 4.90 Å². The molecule has 1 heterocycles. The first-order valence-corrected chi connectivity index (χ1v) is 9.58. The average Bonchev–Trinajstić information content (AvgIpc) is 2.64. The quantitative estimate of drug-likeness (QED) is 0.734. The van der Waals surface area contributed by atoms with Gasteiger partial charge in [-0.25, -0.2) is 0 Å². The van der Waals surface area contributed by atoms with E-state index in [9.17, 15) is 4.79 Å². The number of amides is 1. The number of nitrogens with zero attached hydrogens (tertiary/aromatic N) is 1. The number of piperidine rings is 1. The first kappa shape index (κ1) is 18.0. The Labute approximate surface area is 152 Å². The van der Waals surface area contributed by atoms with E-state index < -0.39 is 5.41 Å². The predicted molar refractivity (Wildman–Crippen MR) is 102 cm³/mol. The molecule has 1 fully saturated rings. The van der Waals surface area contributed by atoms with Gasteiger partial charge in [-0.15, -0.1) is 0 Å². The number of allylic oxidation sites excluding steroid dienone is 1. The normalized spacial score (nSPS) is 31.8. The first-order valence-electron chi connectivity index (χ1n) is 9.58. The molecule has 136 valence electrons. The third-order valence-corrected chi connectivity index (χ3v) is 6.38. The molecule has 3 nitrogen and oxygen atoms in total. The van der Waals surface area contributed by atoms with Crippen LogP contribution >= 0.6 is 0 Å². The molecular formula is C22H31NO2. The predicted octanol–water partition coefficient (Wildman–Crippen LogP) is 4.57. The molecule has 3 heteroatoms. The SMILES string of the molecule is CCCC[C@@]12C=C[C@H](C)C[C@@]1(c1cccc(OC)c1)CCN(C)C2=O. The van der Waals surface area contributed by atoms with Crippen LogP contribution in [0.3, 0.4) is 0 Å². The number of hydrogen-bond donors (Lipinski definition) is 0. The van der Waals surface area contributed by atoms with E-state index in [0.717, 1.165) is 44.4 Å². The van der Waals surface area contributed by atoms with Crippen LogP contribution in [0.2, 0.25) is 0 Å². The number of likely N-dealkylation sites (tertiary alicyclic amines) is 1. The molecule has 0 bridgehead atoms. The van der Waals surface area contributed by atoms with Gasteiger partial charge in [0.05, 0.1) is 12.5 Å². The van der Waals surface area contributed by atoms with Gasteiger partial charge in [0.25, 0.3) is 0 Å². The van der Waals surface area contributed by atoms with Gasteiger partial charge in [0, 0.05) is 19.0 Å². The molecule has 1 saturated heterocycles. The molecular weight excluding hydrogens is 310 g/mol. The fraction of sp³-hybridized carbons (Fsp3) is 0.591. The van der Waals surface area contributed by atoms with Crippen molar-refractivity contribution in [3.8, 4) is 5.75 Å². The summed E-state index contributed by atoms with van der Waals surface area (Å²) in [6.07, 6.45) is 9.67. The molecule has 3 rings (SSSR count). The van der Waals surface area contributed by atoms with Crippen LogP contribution in [0.5, 0.6) is 5.75 Å². The number of carbonyl (C=O) groups is 1. The summed E-state index contributed by atoms with van der Waals surface area (Å²) < 4.78 is 5.50. The number of rotatable bonds is 5. The maximum Gasteiger partial charge on any atom is 0.233 e. The Morgan fingerprint density at radius 3 is 2.88 bits per heavy atom. The van der Waals surface area contributed by atoms with E-state index in [-0.39, 0.29) is 11.3 Å². The van der Waals surface area contributed by atoms with Crippen LogP contribution in [-0.2, 0) is 10.2 Å². The fourth-order valence-electron chi connectivity index (χ4n) is 5.02. The summed E-state index contributed by atoms with van der Waals surface area (Å²) in [6, 6.07) is 8.42. The summed E-state index contributed by atoms with van der Waals surface area (Å²) in [5.41, 5.74) is 0.712. The van der Waals surface area contributed by atoms with Crippen LogP contribution < -0.4 is 4.74 Å². The molecule has 1 amide bonds. The van der Waals surface area contributed by atoms with Gasteiger partial charge in [-0.2, -0.15) is 0 Å². The van der Waals surface area contributed by atoms with E-state index in [4.69, 9.17) is 4.74 Å². The minimum Gasteiger partial charge on any atom is -0.497 e. The van der Waals surface area contributed by atoms with Crippen molar-refractivity contribution < 1.29 is 9.53 Å². The summed E-state index contributed by atoms with van der Waals surface area (Å²) in [5, 5.41) is 0. The lowest BCUT2D eigenvalue weighted by atomic mass is 9.49. The van der Waals surface area contributed by atoms with Crippen LogP contribution in [0.25, 0.3) is 0 Å². The Bertz CT molecular complexity index is 668. The Balaban J connectivity index is 2.20. The average molecular weight is 341 g/mol. The van der Waals surface area contributed by atoms with Gasteiger partial charge in [-0.3, -0.25) is 4.79 Å². The van der Waals surface area contributed by atoms with E-state index in [1.165, 1.54) is 5.56 Å². The molecule has 1 aromatic carbocycles. The zero-order valence-electron chi connectivity index (χ0n) is 16.0. The molecule has 0 saturated carbocycles. The van der Waals surface area contributed by atoms with Gasteiger partial charge in [0.1, 0.15) is 5.75 Å². The maximum atomic E-state index is 13.5. The number of benzene rings is 1. The third kappa shape index (κ3) is 2.78. The second kappa shape index (κ2) is 6.86. The maximum absolute atomic E-state index is 13.5. The van der Waals surface area contributed by atoms with Gasteiger partial charge in [-0.05, 0) is 42.9 Å². The molecule has 1 aliphatic heterocycles. The van der Waals surface area contributed by atoms with Crippen molar-refractivity contribution >= 4 is 5.91 Å². The highest BCUT2D eigenvalue weighted by atomic mass is 16.5. The zero-order chi connectivity index (χ0) is 18.1. The molecule has 3 atom stereocenters. The number of fused-ring (bicyclic) bond motifs is 1. The largest absolute Gasteiger partial charge is 0.497 e. The molecule has 0 unspecified atom stereocenters. The number of hydrogen-bond acceptors (Lipinski definition) is 2. The van der Waals surface area contributed by atoms with Crippen molar-refractivity contribution in [2.45, 2.75) is 51.4 Å². The van der Waals surface area contributed by atoms with Crippen LogP contribution in [-0.4, -0.2) is 31.5 Å². The lowest BCUT2D eigenvalue weighted by Crippen LogP contribution is -2.61. The van der Waals surface area contributed by atoms with Crippen LogP contribution in [0.1, 0.15) is 51.5 Å². The number of unbranched alkanes of at least 4 members (excludes halogenated alkanes) is 1. The van der Waals surface area contributed by atoms with Gasteiger partial charge in [-0.1, -0.05) is 51.0 Å². The highest BCUT2D eigenvalue weighted by Crippen LogP contribution is 2.58. The second-order valence-corrected chi connectivity index (χ2v) is 7.91. The van der Waals surface area contributed by atoms with Crippen LogP contribution in [0, 0.1) is 11.3 Å². The van der Waals surface area contributed by atoms with E-state index in [1.54, 1.807) is 7.11 Å². The van der Waals surface area contributed by atoms with E-state index in [0.29, 0.717) is 5.92 Å². The standard InChI is InChI=1S/C22H31NO2/c1-5-6-11-21-12-10-17(2)16-22(21,13-14-23(3)20(21)24)18-8-7-9-19(15-18)25-4/h7-10,12,15,17H,5-6,11,13-14,16H2,1-4H3/t17-,21-,22+/m0/s1. The number of carbonyl (C=O) groups excluding carboxylic acids is 1. The topological polar surface area (TPSA) is 29.5 Å². The minimum absolute atomic E-state index is 0.130. The van der Waals surface area contributed by atoms with Gasteiger partial charge in [0.2, 0.25) is 5.91 Å². The summed E-state index contributed by atoms with van der Waals surface area (Å²) in [7, 11) is 3.67. The van der Waals surface area contributed by atoms with Crippen LogP contribution in [0.4, 0.5) is 0 Å². The summed E-state index contributed by atoms with van der Waals surface area (Å²) >= 11 is 0. The second-order valence-electron chi connectivity index (χ2n) is 7.91. The Morgan fingerprint density at radius 1 is 1.36 bits per heavy atom. The summed E-state index contributed by atoms with van der Waals surface area (Å²) in [6.45, 7) is 5.30. The Morgan fingerprint density at radius 2 is 2.16 bits per heavy atom. The smallest absolute Gasteiger partial charge is 0.233 e. The van der Waals surface area contributed by atoms with Crippen molar-refractivity contribution in [2.24, 2.45) is 11.3 Å². The van der Waals surface area contributed by atoms with Crippen molar-refractivity contribution in [2.75, 3.05) is 20.7 Å². The van der Waals surface area contributed by atoms with E-state index in [1.807, 2.05) is 18.0 Å².